The zero-order chi connectivity index (χ0) is 20.9. The van der Waals surface area contributed by atoms with Crippen LogP contribution in [0.25, 0.3) is 16.7 Å². The van der Waals surface area contributed by atoms with Gasteiger partial charge in [0.05, 0.1) is 5.69 Å². The molecule has 0 aliphatic heterocycles. The van der Waals surface area contributed by atoms with Crippen molar-refractivity contribution in [3.8, 4) is 16.9 Å². The third-order valence-corrected chi connectivity index (χ3v) is 5.10. The molecule has 1 aromatic heterocycles. The molecule has 0 fully saturated rings. The van der Waals surface area contributed by atoms with E-state index >= 15 is 0 Å². The van der Waals surface area contributed by atoms with E-state index in [2.05, 4.69) is 29.3 Å². The van der Waals surface area contributed by atoms with Crippen molar-refractivity contribution < 1.29 is 19.4 Å². The van der Waals surface area contributed by atoms with Crippen LogP contribution < -0.4 is 4.74 Å². The first-order valence-electron chi connectivity index (χ1n) is 9.99. The van der Waals surface area contributed by atoms with Crippen molar-refractivity contribution in [2.24, 2.45) is 0 Å². The third kappa shape index (κ3) is 4.11. The highest BCUT2D eigenvalue weighted by Gasteiger charge is 2.23. The van der Waals surface area contributed by atoms with E-state index in [1.54, 1.807) is 6.92 Å². The van der Waals surface area contributed by atoms with E-state index < -0.39 is 12.1 Å². The van der Waals surface area contributed by atoms with Crippen LogP contribution in [0.2, 0.25) is 0 Å². The van der Waals surface area contributed by atoms with Gasteiger partial charge in [-0.25, -0.2) is 4.79 Å². The molecule has 3 aromatic rings. The molecule has 30 heavy (non-hydrogen) atoms. The summed E-state index contributed by atoms with van der Waals surface area (Å²) in [6.45, 7) is 2.57. The number of hydrogen-bond acceptors (Lipinski definition) is 4. The summed E-state index contributed by atoms with van der Waals surface area (Å²) in [4.78, 5) is 15.8. The number of carboxylic acids is 1. The molecule has 1 atom stereocenters. The normalized spacial score (nSPS) is 14.2. The maximum absolute atomic E-state index is 11.2. The van der Waals surface area contributed by atoms with E-state index in [1.807, 2.05) is 48.7 Å². The van der Waals surface area contributed by atoms with E-state index in [9.17, 15) is 9.90 Å². The molecule has 2 aromatic carbocycles. The first-order valence-corrected chi connectivity index (χ1v) is 9.99. The lowest BCUT2D eigenvalue weighted by Gasteiger charge is -2.12. The molecule has 5 heteroatoms. The molecule has 0 spiro atoms. The number of fused-ring (bicyclic) bond motifs is 3. The van der Waals surface area contributed by atoms with Crippen LogP contribution >= 0.6 is 0 Å². The lowest BCUT2D eigenvalue weighted by molar-refractivity contribution is -0.149. The number of hydrogen-bond donors (Lipinski definition) is 1. The molecule has 0 saturated carbocycles. The number of aliphatic carboxylic acids is 1. The summed E-state index contributed by atoms with van der Waals surface area (Å²) in [6, 6.07) is 19.8. The Morgan fingerprint density at radius 1 is 1.03 bits per heavy atom. The molecule has 1 aliphatic carbocycles. The molecule has 1 heterocycles. The summed E-state index contributed by atoms with van der Waals surface area (Å²) in [5.41, 5.74) is 6.46. The Balaban J connectivity index is 1.44. The van der Waals surface area contributed by atoms with Gasteiger partial charge < -0.3 is 14.6 Å². The van der Waals surface area contributed by atoms with Crippen LogP contribution in [-0.4, -0.2) is 35.4 Å². The van der Waals surface area contributed by atoms with Gasteiger partial charge in [0.1, 0.15) is 12.4 Å². The van der Waals surface area contributed by atoms with Crippen LogP contribution in [0.1, 0.15) is 23.7 Å². The van der Waals surface area contributed by atoms with E-state index in [-0.39, 0.29) is 0 Å². The Morgan fingerprint density at radius 3 is 2.50 bits per heavy atom. The van der Waals surface area contributed by atoms with Gasteiger partial charge in [-0.1, -0.05) is 42.5 Å². The Hall–Kier alpha value is -3.44. The molecule has 0 bridgehead atoms. The van der Waals surface area contributed by atoms with E-state index in [0.717, 1.165) is 28.1 Å². The fraction of sp³-hybridized carbons (Fsp3) is 0.200. The van der Waals surface area contributed by atoms with Gasteiger partial charge in [0.15, 0.2) is 6.10 Å². The van der Waals surface area contributed by atoms with Crippen LogP contribution in [0.3, 0.4) is 0 Å². The van der Waals surface area contributed by atoms with Crippen molar-refractivity contribution in [1.29, 1.82) is 0 Å². The number of rotatable bonds is 8. The fourth-order valence-corrected chi connectivity index (χ4v) is 3.70. The summed E-state index contributed by atoms with van der Waals surface area (Å²) in [7, 11) is 0. The van der Waals surface area contributed by atoms with Gasteiger partial charge in [-0.3, -0.25) is 4.98 Å². The molecule has 1 N–H and O–H groups in total. The zero-order valence-corrected chi connectivity index (χ0v) is 16.7. The lowest BCUT2D eigenvalue weighted by atomic mass is 10.1. The Bertz CT molecular complexity index is 1030. The highest BCUT2D eigenvalue weighted by atomic mass is 16.5. The highest BCUT2D eigenvalue weighted by molar-refractivity contribution is 5.99. The van der Waals surface area contributed by atoms with Crippen LogP contribution in [0.5, 0.6) is 5.75 Å². The third-order valence-electron chi connectivity index (χ3n) is 5.10. The smallest absolute Gasteiger partial charge is 0.333 e. The van der Waals surface area contributed by atoms with Gasteiger partial charge in [0.25, 0.3) is 0 Å². The van der Waals surface area contributed by atoms with Crippen molar-refractivity contribution in [2.75, 3.05) is 13.2 Å². The Labute approximate surface area is 175 Å². The second-order valence-corrected chi connectivity index (χ2v) is 7.00. The summed E-state index contributed by atoms with van der Waals surface area (Å²) in [5.74, 6) is -0.221. The highest BCUT2D eigenvalue weighted by Crippen LogP contribution is 2.42. The molecule has 1 aliphatic rings. The number of ether oxygens (including phenoxy) is 2. The summed E-state index contributed by atoms with van der Waals surface area (Å²) in [6.07, 6.45) is 3.36. The van der Waals surface area contributed by atoms with Crippen molar-refractivity contribution >= 4 is 11.5 Å². The van der Waals surface area contributed by atoms with E-state index in [4.69, 9.17) is 9.47 Å². The van der Waals surface area contributed by atoms with E-state index in [1.165, 1.54) is 11.1 Å². The van der Waals surface area contributed by atoms with Gasteiger partial charge in [-0.2, -0.15) is 0 Å². The molecule has 0 saturated heterocycles. The number of pyridine rings is 1. The first kappa shape index (κ1) is 19.9. The minimum Gasteiger partial charge on any atom is -0.490 e. The van der Waals surface area contributed by atoms with Crippen LogP contribution in [0, 0.1) is 0 Å². The molecule has 0 amide bonds. The summed E-state index contributed by atoms with van der Waals surface area (Å²) >= 11 is 0. The topological polar surface area (TPSA) is 68.7 Å². The fourth-order valence-electron chi connectivity index (χ4n) is 3.70. The van der Waals surface area contributed by atoms with Gasteiger partial charge in [-0.15, -0.1) is 0 Å². The largest absolute Gasteiger partial charge is 0.490 e. The zero-order valence-electron chi connectivity index (χ0n) is 16.7. The Kier molecular flexibility index (Phi) is 5.91. The van der Waals surface area contributed by atoms with Crippen LogP contribution in [-0.2, 0) is 16.0 Å². The number of aromatic nitrogens is 1. The van der Waals surface area contributed by atoms with Gasteiger partial charge in [-0.05, 0) is 47.9 Å². The SMILES string of the molecule is CCOC(Cc1ccc(OC/C=C2\c3ccccc3-c3cccnc32)cc1)C(=O)O. The predicted octanol–water partition coefficient (Wildman–Crippen LogP) is 4.60. The average Bonchev–Trinajstić information content (AvgIpc) is 3.09. The molecule has 152 valence electrons. The lowest BCUT2D eigenvalue weighted by Crippen LogP contribution is -2.26. The molecule has 0 radical (unpaired) electrons. The van der Waals surface area contributed by atoms with Gasteiger partial charge >= 0.3 is 5.97 Å². The van der Waals surface area contributed by atoms with Crippen molar-refractivity contribution in [3.05, 3.63) is 89.8 Å². The minimum atomic E-state index is -0.950. The second-order valence-electron chi connectivity index (χ2n) is 7.00. The van der Waals surface area contributed by atoms with Crippen LogP contribution in [0.4, 0.5) is 0 Å². The minimum absolute atomic E-state index is 0.326. The second kappa shape index (κ2) is 8.93. The number of carboxylic acid groups (broad SMARTS) is 1. The van der Waals surface area contributed by atoms with Crippen molar-refractivity contribution in [1.82, 2.24) is 4.98 Å². The molecule has 4 rings (SSSR count). The van der Waals surface area contributed by atoms with Crippen molar-refractivity contribution in [3.63, 3.8) is 0 Å². The molecule has 5 nitrogen and oxygen atoms in total. The van der Waals surface area contributed by atoms with Crippen molar-refractivity contribution in [2.45, 2.75) is 19.4 Å². The monoisotopic (exact) mass is 401 g/mol. The quantitative estimate of drug-likeness (QED) is 0.467. The average molecular weight is 401 g/mol. The van der Waals surface area contributed by atoms with E-state index in [0.29, 0.717) is 19.6 Å². The summed E-state index contributed by atoms with van der Waals surface area (Å²) in [5, 5.41) is 9.22. The van der Waals surface area contributed by atoms with Gasteiger partial charge in [0, 0.05) is 30.4 Å². The van der Waals surface area contributed by atoms with Crippen LogP contribution in [0.15, 0.2) is 72.9 Å². The number of nitrogens with zero attached hydrogens (tertiary/aromatic N) is 1. The maximum Gasteiger partial charge on any atom is 0.333 e. The number of benzene rings is 2. The summed E-state index contributed by atoms with van der Waals surface area (Å²) < 4.78 is 11.2. The Morgan fingerprint density at radius 2 is 1.77 bits per heavy atom. The van der Waals surface area contributed by atoms with Gasteiger partial charge in [0.2, 0.25) is 0 Å². The first-order chi connectivity index (χ1) is 14.7. The molecular weight excluding hydrogens is 378 g/mol. The number of carbonyl (C=O) groups is 1. The standard InChI is InChI=1S/C25H23NO4/c1-2-29-23(25(27)28)16-17-9-11-18(12-10-17)30-15-13-22-20-7-4-3-6-19(20)21-8-5-14-26-24(21)22/h3-14,23H,2,15-16H2,1H3,(H,27,28)/b22-13+. The maximum atomic E-state index is 11.2. The molecule has 1 unspecified atom stereocenters. The molecular formula is C25H23NO4. The predicted molar refractivity (Wildman–Crippen MR) is 115 cm³/mol.